The van der Waals surface area contributed by atoms with Gasteiger partial charge in [0.15, 0.2) is 0 Å². The van der Waals surface area contributed by atoms with Crippen molar-refractivity contribution in [1.82, 2.24) is 5.32 Å². The van der Waals surface area contributed by atoms with Gasteiger partial charge in [0.05, 0.1) is 5.54 Å². The normalized spacial score (nSPS) is 34.2. The van der Waals surface area contributed by atoms with E-state index in [2.05, 4.69) is 12.2 Å². The topological polar surface area (TPSA) is 32.3 Å². The summed E-state index contributed by atoms with van der Waals surface area (Å²) in [5.41, 5.74) is 0.176. The van der Waals surface area contributed by atoms with Crippen molar-refractivity contribution < 1.29 is 5.11 Å². The van der Waals surface area contributed by atoms with E-state index in [0.717, 1.165) is 31.2 Å². The summed E-state index contributed by atoms with van der Waals surface area (Å²) in [6, 6.07) is 10.1. The molecule has 0 spiro atoms. The largest absolute Gasteiger partial charge is 0.383 e. The maximum Gasteiger partial charge on any atom is 0.108 e. The van der Waals surface area contributed by atoms with Crippen LogP contribution < -0.4 is 5.32 Å². The Morgan fingerprint density at radius 1 is 1.25 bits per heavy atom. The van der Waals surface area contributed by atoms with Crippen LogP contribution in [0.5, 0.6) is 0 Å². The van der Waals surface area contributed by atoms with Crippen molar-refractivity contribution in [2.45, 2.75) is 43.7 Å². The number of likely N-dealkylation sites (N-methyl/N-ethyl adjacent to an activating group) is 1. The van der Waals surface area contributed by atoms with E-state index in [1.54, 1.807) is 0 Å². The molecule has 1 saturated carbocycles. The van der Waals surface area contributed by atoms with Crippen LogP contribution in [0, 0.1) is 0 Å². The summed E-state index contributed by atoms with van der Waals surface area (Å²) in [5, 5.41) is 14.4. The average Bonchev–Trinajstić information content (AvgIpc) is 2.69. The molecule has 1 aromatic rings. The molecule has 2 rings (SSSR count). The second-order valence-electron chi connectivity index (χ2n) is 4.77. The molecule has 1 fully saturated rings. The molecule has 0 radical (unpaired) electrons. The number of aliphatic hydroxyl groups is 1. The highest BCUT2D eigenvalue weighted by atomic mass is 16.3. The molecule has 2 heteroatoms. The average molecular weight is 219 g/mol. The van der Waals surface area contributed by atoms with Gasteiger partial charge in [0.25, 0.3) is 0 Å². The van der Waals surface area contributed by atoms with Gasteiger partial charge in [-0.05, 0) is 38.3 Å². The minimum absolute atomic E-state index is 0.158. The highest BCUT2D eigenvalue weighted by molar-refractivity contribution is 5.29. The molecule has 2 N–H and O–H groups in total. The molecule has 16 heavy (non-hydrogen) atoms. The monoisotopic (exact) mass is 219 g/mol. The van der Waals surface area contributed by atoms with Crippen LogP contribution in [0.1, 0.15) is 38.2 Å². The van der Waals surface area contributed by atoms with Gasteiger partial charge in [0.1, 0.15) is 5.60 Å². The van der Waals surface area contributed by atoms with Crippen LogP contribution in [-0.4, -0.2) is 17.7 Å². The van der Waals surface area contributed by atoms with E-state index in [4.69, 9.17) is 0 Å². The summed E-state index contributed by atoms with van der Waals surface area (Å²) in [5.74, 6) is 0. The fourth-order valence-corrected chi connectivity index (χ4v) is 3.20. The Balaban J connectivity index is 2.44. The first-order valence-electron chi connectivity index (χ1n) is 6.15. The predicted molar refractivity (Wildman–Crippen MR) is 66.3 cm³/mol. The second kappa shape index (κ2) is 4.19. The van der Waals surface area contributed by atoms with Gasteiger partial charge in [-0.25, -0.2) is 0 Å². The Morgan fingerprint density at radius 3 is 2.50 bits per heavy atom. The number of rotatable bonds is 3. The molecule has 0 aliphatic heterocycles. The quantitative estimate of drug-likeness (QED) is 0.818. The molecule has 2 unspecified atom stereocenters. The Hall–Kier alpha value is -0.860. The summed E-state index contributed by atoms with van der Waals surface area (Å²) in [6.45, 7) is 2.15. The van der Waals surface area contributed by atoms with Gasteiger partial charge in [-0.2, -0.15) is 0 Å². The fraction of sp³-hybridized carbons (Fsp3) is 0.571. The predicted octanol–water partition coefficient (Wildman–Crippen LogP) is 2.43. The first-order chi connectivity index (χ1) is 7.68. The highest BCUT2D eigenvalue weighted by Crippen LogP contribution is 2.47. The van der Waals surface area contributed by atoms with Crippen molar-refractivity contribution in [1.29, 1.82) is 0 Å². The van der Waals surface area contributed by atoms with Gasteiger partial charge in [-0.3, -0.25) is 0 Å². The lowest BCUT2D eigenvalue weighted by Gasteiger charge is -2.42. The molecular formula is C14H21NO. The van der Waals surface area contributed by atoms with Gasteiger partial charge >= 0.3 is 0 Å². The lowest BCUT2D eigenvalue weighted by molar-refractivity contribution is -0.0359. The van der Waals surface area contributed by atoms with Crippen LogP contribution in [-0.2, 0) is 5.60 Å². The molecule has 2 nitrogen and oxygen atoms in total. The third-order valence-electron chi connectivity index (χ3n) is 4.27. The number of hydrogen-bond donors (Lipinski definition) is 2. The van der Waals surface area contributed by atoms with E-state index >= 15 is 0 Å². The molecule has 0 heterocycles. The minimum Gasteiger partial charge on any atom is -0.383 e. The zero-order valence-electron chi connectivity index (χ0n) is 10.2. The zero-order chi connectivity index (χ0) is 11.6. The lowest BCUT2D eigenvalue weighted by Crippen LogP contribution is -2.55. The fourth-order valence-electron chi connectivity index (χ4n) is 3.20. The Kier molecular flexibility index (Phi) is 3.04. The molecule has 1 aliphatic rings. The van der Waals surface area contributed by atoms with Crippen molar-refractivity contribution in [2.75, 3.05) is 7.05 Å². The van der Waals surface area contributed by atoms with E-state index in [1.165, 1.54) is 0 Å². The van der Waals surface area contributed by atoms with E-state index in [1.807, 2.05) is 37.4 Å². The Labute approximate surface area is 97.7 Å². The Morgan fingerprint density at radius 2 is 1.94 bits per heavy atom. The summed E-state index contributed by atoms with van der Waals surface area (Å²) in [7, 11) is 1.96. The molecule has 0 aromatic heterocycles. The Bertz CT molecular complexity index is 345. The molecule has 0 amide bonds. The van der Waals surface area contributed by atoms with Crippen LogP contribution in [0.25, 0.3) is 0 Å². The maximum absolute atomic E-state index is 11.0. The summed E-state index contributed by atoms with van der Waals surface area (Å²) in [6.07, 6.45) is 3.94. The van der Waals surface area contributed by atoms with Crippen LogP contribution >= 0.6 is 0 Å². The number of benzene rings is 1. The SMILES string of the molecule is CCC1(NC)CCCC1(O)c1ccccc1. The van der Waals surface area contributed by atoms with Gasteiger partial charge in [0.2, 0.25) is 0 Å². The van der Waals surface area contributed by atoms with Crippen LogP contribution in [0.15, 0.2) is 30.3 Å². The van der Waals surface area contributed by atoms with E-state index in [9.17, 15) is 5.11 Å². The van der Waals surface area contributed by atoms with Crippen molar-refractivity contribution in [3.8, 4) is 0 Å². The van der Waals surface area contributed by atoms with Crippen molar-refractivity contribution in [3.63, 3.8) is 0 Å². The molecular weight excluding hydrogens is 198 g/mol. The standard InChI is InChI=1S/C14H21NO/c1-3-13(15-2)10-7-11-14(13,16)12-8-5-4-6-9-12/h4-6,8-9,15-16H,3,7,10-11H2,1-2H3. The van der Waals surface area contributed by atoms with E-state index in [0.29, 0.717) is 0 Å². The highest BCUT2D eigenvalue weighted by Gasteiger charge is 2.52. The number of hydrogen-bond acceptors (Lipinski definition) is 2. The van der Waals surface area contributed by atoms with Crippen LogP contribution in [0.2, 0.25) is 0 Å². The molecule has 0 bridgehead atoms. The van der Waals surface area contributed by atoms with Crippen molar-refractivity contribution in [3.05, 3.63) is 35.9 Å². The summed E-state index contributed by atoms with van der Waals surface area (Å²) >= 11 is 0. The third-order valence-corrected chi connectivity index (χ3v) is 4.27. The summed E-state index contributed by atoms with van der Waals surface area (Å²) in [4.78, 5) is 0. The first-order valence-corrected chi connectivity index (χ1v) is 6.15. The lowest BCUT2D eigenvalue weighted by atomic mass is 9.76. The molecule has 2 atom stereocenters. The zero-order valence-corrected chi connectivity index (χ0v) is 10.2. The molecule has 1 aromatic carbocycles. The first kappa shape index (κ1) is 11.6. The van der Waals surface area contributed by atoms with Gasteiger partial charge in [-0.15, -0.1) is 0 Å². The second-order valence-corrected chi connectivity index (χ2v) is 4.77. The van der Waals surface area contributed by atoms with E-state index < -0.39 is 5.60 Å². The van der Waals surface area contributed by atoms with Gasteiger partial charge in [0, 0.05) is 0 Å². The molecule has 88 valence electrons. The van der Waals surface area contributed by atoms with E-state index in [-0.39, 0.29) is 5.54 Å². The third kappa shape index (κ3) is 1.48. The smallest absolute Gasteiger partial charge is 0.108 e. The van der Waals surface area contributed by atoms with Crippen molar-refractivity contribution in [2.24, 2.45) is 0 Å². The maximum atomic E-state index is 11.0. The van der Waals surface area contributed by atoms with Crippen LogP contribution in [0.4, 0.5) is 0 Å². The number of nitrogens with one attached hydrogen (secondary N) is 1. The summed E-state index contributed by atoms with van der Waals surface area (Å²) < 4.78 is 0. The minimum atomic E-state index is -0.711. The van der Waals surface area contributed by atoms with Crippen molar-refractivity contribution >= 4 is 0 Å². The van der Waals surface area contributed by atoms with Crippen LogP contribution in [0.3, 0.4) is 0 Å². The van der Waals surface area contributed by atoms with Gasteiger partial charge < -0.3 is 10.4 Å². The molecule has 0 saturated heterocycles. The molecule has 1 aliphatic carbocycles. The van der Waals surface area contributed by atoms with Gasteiger partial charge in [-0.1, -0.05) is 37.3 Å².